The van der Waals surface area contributed by atoms with Gasteiger partial charge in [0.2, 0.25) is 5.95 Å². The highest BCUT2D eigenvalue weighted by molar-refractivity contribution is 5.50. The molecule has 1 aliphatic rings. The van der Waals surface area contributed by atoms with Crippen molar-refractivity contribution in [2.24, 2.45) is 0 Å². The van der Waals surface area contributed by atoms with Crippen LogP contribution in [0.1, 0.15) is 45.4 Å². The molecule has 0 spiro atoms. The average molecular weight is 263 g/mol. The lowest BCUT2D eigenvalue weighted by molar-refractivity contribution is 0.568. The van der Waals surface area contributed by atoms with E-state index in [9.17, 15) is 0 Å². The van der Waals surface area contributed by atoms with Gasteiger partial charge in [-0.1, -0.05) is 19.8 Å². The molecule has 0 atom stereocenters. The van der Waals surface area contributed by atoms with Crippen LogP contribution in [0.2, 0.25) is 0 Å². The molecule has 106 valence electrons. The SMILES string of the molecule is CCCCCNc1cc(N)nc(N2CCCCC2)n1. The third-order valence-corrected chi connectivity index (χ3v) is 3.46. The lowest BCUT2D eigenvalue weighted by Crippen LogP contribution is -2.31. The van der Waals surface area contributed by atoms with E-state index in [-0.39, 0.29) is 0 Å². The maximum Gasteiger partial charge on any atom is 0.229 e. The van der Waals surface area contributed by atoms with E-state index in [2.05, 4.69) is 27.1 Å². The van der Waals surface area contributed by atoms with Gasteiger partial charge in [0.05, 0.1) is 0 Å². The normalized spacial score (nSPS) is 15.5. The second-order valence-electron chi connectivity index (χ2n) is 5.16. The molecular formula is C14H25N5. The summed E-state index contributed by atoms with van der Waals surface area (Å²) >= 11 is 0. The van der Waals surface area contributed by atoms with Crippen molar-refractivity contribution in [3.63, 3.8) is 0 Å². The van der Waals surface area contributed by atoms with Gasteiger partial charge in [-0.15, -0.1) is 0 Å². The molecule has 5 nitrogen and oxygen atoms in total. The Hall–Kier alpha value is -1.52. The second-order valence-corrected chi connectivity index (χ2v) is 5.16. The second kappa shape index (κ2) is 7.16. The zero-order chi connectivity index (χ0) is 13.5. The fourth-order valence-electron chi connectivity index (χ4n) is 2.37. The highest BCUT2D eigenvalue weighted by Gasteiger charge is 2.14. The molecule has 5 heteroatoms. The largest absolute Gasteiger partial charge is 0.383 e. The molecular weight excluding hydrogens is 238 g/mol. The summed E-state index contributed by atoms with van der Waals surface area (Å²) in [4.78, 5) is 11.2. The molecule has 1 aromatic heterocycles. The Morgan fingerprint density at radius 1 is 1.21 bits per heavy atom. The minimum Gasteiger partial charge on any atom is -0.383 e. The van der Waals surface area contributed by atoms with Crippen LogP contribution in [0.3, 0.4) is 0 Å². The highest BCUT2D eigenvalue weighted by atomic mass is 15.3. The summed E-state index contributed by atoms with van der Waals surface area (Å²) in [7, 11) is 0. The Balaban J connectivity index is 1.97. The maximum absolute atomic E-state index is 5.88. The number of nitrogens with one attached hydrogen (secondary N) is 1. The summed E-state index contributed by atoms with van der Waals surface area (Å²) in [5.41, 5.74) is 5.88. The van der Waals surface area contributed by atoms with Crippen molar-refractivity contribution in [1.29, 1.82) is 0 Å². The van der Waals surface area contributed by atoms with Crippen LogP contribution >= 0.6 is 0 Å². The van der Waals surface area contributed by atoms with Crippen molar-refractivity contribution in [3.05, 3.63) is 6.07 Å². The summed E-state index contributed by atoms with van der Waals surface area (Å²) in [5.74, 6) is 2.18. The number of hydrogen-bond acceptors (Lipinski definition) is 5. The summed E-state index contributed by atoms with van der Waals surface area (Å²) in [6.07, 6.45) is 7.38. The van der Waals surface area contributed by atoms with Crippen LogP contribution in [0.4, 0.5) is 17.6 Å². The summed E-state index contributed by atoms with van der Waals surface area (Å²) in [6, 6.07) is 1.82. The minimum absolute atomic E-state index is 0.550. The van der Waals surface area contributed by atoms with Crippen LogP contribution in [0, 0.1) is 0 Å². The zero-order valence-electron chi connectivity index (χ0n) is 11.9. The summed E-state index contributed by atoms with van der Waals surface area (Å²) in [5, 5.41) is 3.34. The Morgan fingerprint density at radius 3 is 2.74 bits per heavy atom. The molecule has 2 heterocycles. The number of nitrogens with zero attached hydrogens (tertiary/aromatic N) is 3. The topological polar surface area (TPSA) is 67.1 Å². The fraction of sp³-hybridized carbons (Fsp3) is 0.714. The molecule has 0 aromatic carbocycles. The van der Waals surface area contributed by atoms with E-state index in [1.165, 1.54) is 38.5 Å². The van der Waals surface area contributed by atoms with Crippen LogP contribution in [0.25, 0.3) is 0 Å². The lowest BCUT2D eigenvalue weighted by atomic mass is 10.1. The fourth-order valence-corrected chi connectivity index (χ4v) is 2.37. The number of nitrogens with two attached hydrogens (primary N) is 1. The van der Waals surface area contributed by atoms with Crippen molar-refractivity contribution in [2.75, 3.05) is 35.6 Å². The van der Waals surface area contributed by atoms with E-state index in [4.69, 9.17) is 5.73 Å². The smallest absolute Gasteiger partial charge is 0.229 e. The Bertz CT molecular complexity index is 387. The monoisotopic (exact) mass is 263 g/mol. The third kappa shape index (κ3) is 4.26. The first-order valence-electron chi connectivity index (χ1n) is 7.43. The quantitative estimate of drug-likeness (QED) is 0.772. The first-order valence-corrected chi connectivity index (χ1v) is 7.43. The standard InChI is InChI=1S/C14H25N5/c1-2-3-5-8-16-13-11-12(15)17-14(18-13)19-9-6-4-7-10-19/h11H,2-10H2,1H3,(H3,15,16,17,18). The molecule has 1 aromatic rings. The van der Waals surface area contributed by atoms with Gasteiger partial charge in [0.15, 0.2) is 0 Å². The summed E-state index contributed by atoms with van der Waals surface area (Å²) < 4.78 is 0. The molecule has 0 bridgehead atoms. The van der Waals surface area contributed by atoms with Crippen LogP contribution < -0.4 is 16.0 Å². The summed E-state index contributed by atoms with van der Waals surface area (Å²) in [6.45, 7) is 5.23. The van der Waals surface area contributed by atoms with Gasteiger partial charge in [0, 0.05) is 25.7 Å². The van der Waals surface area contributed by atoms with Gasteiger partial charge in [0.1, 0.15) is 11.6 Å². The van der Waals surface area contributed by atoms with Gasteiger partial charge in [0.25, 0.3) is 0 Å². The van der Waals surface area contributed by atoms with Crippen molar-refractivity contribution >= 4 is 17.6 Å². The number of hydrogen-bond donors (Lipinski definition) is 2. The average Bonchev–Trinajstić information content (AvgIpc) is 2.44. The molecule has 0 aliphatic carbocycles. The van der Waals surface area contributed by atoms with Gasteiger partial charge in [-0.3, -0.25) is 0 Å². The first kappa shape index (κ1) is 13.9. The van der Waals surface area contributed by atoms with E-state index in [1.54, 1.807) is 0 Å². The Labute approximate surface area is 115 Å². The zero-order valence-corrected chi connectivity index (χ0v) is 11.9. The van der Waals surface area contributed by atoms with Crippen molar-refractivity contribution in [3.8, 4) is 0 Å². The molecule has 3 N–H and O–H groups in total. The predicted octanol–water partition coefficient (Wildman–Crippen LogP) is 2.65. The van der Waals surface area contributed by atoms with Crippen LogP contribution in [0.5, 0.6) is 0 Å². The number of rotatable bonds is 6. The maximum atomic E-state index is 5.88. The molecule has 0 unspecified atom stereocenters. The van der Waals surface area contributed by atoms with Crippen LogP contribution in [0.15, 0.2) is 6.07 Å². The van der Waals surface area contributed by atoms with Crippen LogP contribution in [-0.4, -0.2) is 29.6 Å². The Morgan fingerprint density at radius 2 is 2.00 bits per heavy atom. The van der Waals surface area contributed by atoms with Gasteiger partial charge in [-0.2, -0.15) is 9.97 Å². The van der Waals surface area contributed by atoms with Crippen molar-refractivity contribution in [1.82, 2.24) is 9.97 Å². The molecule has 0 amide bonds. The number of aromatic nitrogens is 2. The van der Waals surface area contributed by atoms with E-state index in [1.807, 2.05) is 6.07 Å². The number of unbranched alkanes of at least 4 members (excludes halogenated alkanes) is 2. The van der Waals surface area contributed by atoms with Gasteiger partial charge in [-0.25, -0.2) is 0 Å². The van der Waals surface area contributed by atoms with Gasteiger partial charge >= 0.3 is 0 Å². The third-order valence-electron chi connectivity index (χ3n) is 3.46. The molecule has 1 fully saturated rings. The van der Waals surface area contributed by atoms with Gasteiger partial charge < -0.3 is 16.0 Å². The van der Waals surface area contributed by atoms with Crippen molar-refractivity contribution in [2.45, 2.75) is 45.4 Å². The van der Waals surface area contributed by atoms with Gasteiger partial charge in [-0.05, 0) is 25.7 Å². The van der Waals surface area contributed by atoms with Crippen LogP contribution in [-0.2, 0) is 0 Å². The Kier molecular flexibility index (Phi) is 5.24. The molecule has 1 saturated heterocycles. The van der Waals surface area contributed by atoms with E-state index in [0.717, 1.165) is 31.4 Å². The minimum atomic E-state index is 0.550. The van der Waals surface area contributed by atoms with E-state index >= 15 is 0 Å². The molecule has 1 aliphatic heterocycles. The number of nitrogen functional groups attached to an aromatic ring is 1. The predicted molar refractivity (Wildman–Crippen MR) is 80.5 cm³/mol. The van der Waals surface area contributed by atoms with E-state index < -0.39 is 0 Å². The number of anilines is 3. The first-order chi connectivity index (χ1) is 9.29. The molecule has 0 radical (unpaired) electrons. The van der Waals surface area contributed by atoms with E-state index in [0.29, 0.717) is 5.82 Å². The van der Waals surface area contributed by atoms with Crippen molar-refractivity contribution < 1.29 is 0 Å². The molecule has 0 saturated carbocycles. The number of piperidine rings is 1. The molecule has 2 rings (SSSR count). The highest BCUT2D eigenvalue weighted by Crippen LogP contribution is 2.19. The lowest BCUT2D eigenvalue weighted by Gasteiger charge is -2.27. The molecule has 19 heavy (non-hydrogen) atoms.